The Hall–Kier alpha value is -1.13. The molecule has 0 bridgehead atoms. The standard InChI is InChI=1S/C14H14BrClN2O/c1-9(2)6-13-12(8-19)14(16)18(17-13)11-5-3-4-10(15)7-11/h3-5,7-9H,6H2,1-2H3. The Morgan fingerprint density at radius 1 is 1.47 bits per heavy atom. The van der Waals surface area contributed by atoms with Gasteiger partial charge in [0.1, 0.15) is 5.15 Å². The number of halogens is 2. The molecule has 1 heterocycles. The third-order valence-electron chi connectivity index (χ3n) is 2.71. The predicted molar refractivity (Wildman–Crippen MR) is 80.2 cm³/mol. The molecule has 0 amide bonds. The number of carbonyl (C=O) groups is 1. The van der Waals surface area contributed by atoms with Crippen molar-refractivity contribution < 1.29 is 4.79 Å². The summed E-state index contributed by atoms with van der Waals surface area (Å²) in [5, 5.41) is 4.83. The molecule has 2 aromatic rings. The molecule has 0 aliphatic carbocycles. The number of nitrogens with zero attached hydrogens (tertiary/aromatic N) is 2. The zero-order valence-corrected chi connectivity index (χ0v) is 13.1. The molecule has 0 aliphatic rings. The van der Waals surface area contributed by atoms with E-state index >= 15 is 0 Å². The fraction of sp³-hybridized carbons (Fsp3) is 0.286. The van der Waals surface area contributed by atoms with Gasteiger partial charge in [-0.3, -0.25) is 4.79 Å². The minimum atomic E-state index is 0.365. The largest absolute Gasteiger partial charge is 0.298 e. The Balaban J connectivity index is 2.52. The van der Waals surface area contributed by atoms with E-state index in [1.807, 2.05) is 24.3 Å². The highest BCUT2D eigenvalue weighted by molar-refractivity contribution is 9.10. The van der Waals surface area contributed by atoms with Crippen molar-refractivity contribution in [1.82, 2.24) is 9.78 Å². The summed E-state index contributed by atoms with van der Waals surface area (Å²) in [6, 6.07) is 7.64. The van der Waals surface area contributed by atoms with Crippen molar-refractivity contribution in [1.29, 1.82) is 0 Å². The highest BCUT2D eigenvalue weighted by Gasteiger charge is 2.17. The molecule has 19 heavy (non-hydrogen) atoms. The monoisotopic (exact) mass is 340 g/mol. The van der Waals surface area contributed by atoms with Gasteiger partial charge in [0, 0.05) is 4.47 Å². The SMILES string of the molecule is CC(C)Cc1nn(-c2cccc(Br)c2)c(Cl)c1C=O. The lowest BCUT2D eigenvalue weighted by Crippen LogP contribution is -2.00. The van der Waals surface area contributed by atoms with E-state index < -0.39 is 0 Å². The van der Waals surface area contributed by atoms with Crippen LogP contribution in [0.5, 0.6) is 0 Å². The van der Waals surface area contributed by atoms with E-state index in [2.05, 4.69) is 34.9 Å². The molecule has 0 saturated carbocycles. The van der Waals surface area contributed by atoms with E-state index in [0.717, 1.165) is 28.6 Å². The van der Waals surface area contributed by atoms with Crippen molar-refractivity contribution in [2.75, 3.05) is 0 Å². The smallest absolute Gasteiger partial charge is 0.155 e. The van der Waals surface area contributed by atoms with Crippen LogP contribution in [0.25, 0.3) is 5.69 Å². The van der Waals surface area contributed by atoms with Gasteiger partial charge in [0.25, 0.3) is 0 Å². The maximum absolute atomic E-state index is 11.2. The first-order chi connectivity index (χ1) is 9.02. The van der Waals surface area contributed by atoms with Crippen molar-refractivity contribution in [3.63, 3.8) is 0 Å². The molecule has 0 radical (unpaired) electrons. The average molecular weight is 342 g/mol. The Morgan fingerprint density at radius 3 is 2.79 bits per heavy atom. The van der Waals surface area contributed by atoms with E-state index in [0.29, 0.717) is 16.6 Å². The first-order valence-corrected chi connectivity index (χ1v) is 7.18. The van der Waals surface area contributed by atoms with Gasteiger partial charge < -0.3 is 0 Å². The minimum absolute atomic E-state index is 0.365. The number of carbonyl (C=O) groups excluding carboxylic acids is 1. The Kier molecular flexibility index (Phi) is 4.42. The summed E-state index contributed by atoms with van der Waals surface area (Å²) in [5.41, 5.74) is 2.06. The third kappa shape index (κ3) is 3.07. The highest BCUT2D eigenvalue weighted by Crippen LogP contribution is 2.25. The van der Waals surface area contributed by atoms with E-state index in [9.17, 15) is 4.79 Å². The van der Waals surface area contributed by atoms with Gasteiger partial charge in [-0.2, -0.15) is 5.10 Å². The Labute approximate surface area is 125 Å². The molecule has 5 heteroatoms. The van der Waals surface area contributed by atoms with Gasteiger partial charge in [-0.05, 0) is 30.5 Å². The molecule has 0 spiro atoms. The quantitative estimate of drug-likeness (QED) is 0.777. The Morgan fingerprint density at radius 2 is 2.21 bits per heavy atom. The zero-order chi connectivity index (χ0) is 14.0. The van der Waals surface area contributed by atoms with E-state index in [1.165, 1.54) is 0 Å². The second-order valence-electron chi connectivity index (χ2n) is 4.76. The molecule has 100 valence electrons. The summed E-state index contributed by atoms with van der Waals surface area (Å²) in [6.07, 6.45) is 1.51. The van der Waals surface area contributed by atoms with Crippen LogP contribution in [0.4, 0.5) is 0 Å². The van der Waals surface area contributed by atoms with Crippen molar-refractivity contribution in [2.45, 2.75) is 20.3 Å². The molecule has 1 aromatic carbocycles. The molecular formula is C14H14BrClN2O. The van der Waals surface area contributed by atoms with Crippen molar-refractivity contribution in [3.05, 3.63) is 45.1 Å². The summed E-state index contributed by atoms with van der Waals surface area (Å²) < 4.78 is 2.54. The molecule has 0 N–H and O–H groups in total. The summed E-state index contributed by atoms with van der Waals surface area (Å²) in [4.78, 5) is 11.2. The van der Waals surface area contributed by atoms with E-state index in [1.54, 1.807) is 4.68 Å². The molecule has 0 unspecified atom stereocenters. The molecule has 0 fully saturated rings. The van der Waals surface area contributed by atoms with Gasteiger partial charge in [-0.15, -0.1) is 0 Å². The lowest BCUT2D eigenvalue weighted by molar-refractivity contribution is 0.112. The van der Waals surface area contributed by atoms with Crippen LogP contribution in [0.15, 0.2) is 28.7 Å². The normalized spacial score (nSPS) is 11.0. The highest BCUT2D eigenvalue weighted by atomic mass is 79.9. The summed E-state index contributed by atoms with van der Waals surface area (Å²) in [7, 11) is 0. The molecule has 2 rings (SSSR count). The lowest BCUT2D eigenvalue weighted by atomic mass is 10.1. The minimum Gasteiger partial charge on any atom is -0.298 e. The topological polar surface area (TPSA) is 34.9 Å². The van der Waals surface area contributed by atoms with Gasteiger partial charge >= 0.3 is 0 Å². The van der Waals surface area contributed by atoms with E-state index in [4.69, 9.17) is 11.6 Å². The van der Waals surface area contributed by atoms with Gasteiger partial charge in [-0.1, -0.05) is 47.4 Å². The van der Waals surface area contributed by atoms with E-state index in [-0.39, 0.29) is 0 Å². The molecular weight excluding hydrogens is 328 g/mol. The van der Waals surface area contributed by atoms with Crippen molar-refractivity contribution >= 4 is 33.8 Å². The van der Waals surface area contributed by atoms with Gasteiger partial charge in [0.05, 0.1) is 16.9 Å². The zero-order valence-electron chi connectivity index (χ0n) is 10.7. The summed E-state index contributed by atoms with van der Waals surface area (Å²) >= 11 is 9.67. The van der Waals surface area contributed by atoms with Crippen LogP contribution < -0.4 is 0 Å². The van der Waals surface area contributed by atoms with Crippen LogP contribution in [-0.4, -0.2) is 16.1 Å². The molecule has 0 aliphatic heterocycles. The van der Waals surface area contributed by atoms with Crippen molar-refractivity contribution in [3.8, 4) is 5.69 Å². The predicted octanol–water partition coefficient (Wildman–Crippen LogP) is 4.30. The van der Waals surface area contributed by atoms with Crippen LogP contribution in [-0.2, 0) is 6.42 Å². The number of aldehydes is 1. The van der Waals surface area contributed by atoms with Crippen LogP contribution in [0.1, 0.15) is 29.9 Å². The Bertz CT molecular complexity index is 607. The first kappa shape index (κ1) is 14.3. The molecule has 0 atom stereocenters. The maximum Gasteiger partial charge on any atom is 0.155 e. The molecule has 0 saturated heterocycles. The number of benzene rings is 1. The number of hydrogen-bond donors (Lipinski definition) is 0. The molecule has 1 aromatic heterocycles. The van der Waals surface area contributed by atoms with Crippen LogP contribution in [0.2, 0.25) is 5.15 Å². The average Bonchev–Trinajstić information content (AvgIpc) is 2.65. The van der Waals surface area contributed by atoms with Crippen molar-refractivity contribution in [2.24, 2.45) is 5.92 Å². The lowest BCUT2D eigenvalue weighted by Gasteiger charge is -2.03. The third-order valence-corrected chi connectivity index (χ3v) is 3.57. The fourth-order valence-corrected chi connectivity index (χ4v) is 2.56. The van der Waals surface area contributed by atoms with Gasteiger partial charge in [0.2, 0.25) is 0 Å². The van der Waals surface area contributed by atoms with Crippen LogP contribution >= 0.6 is 27.5 Å². The second kappa shape index (κ2) is 5.88. The molecule has 3 nitrogen and oxygen atoms in total. The van der Waals surface area contributed by atoms with Gasteiger partial charge in [0.15, 0.2) is 6.29 Å². The fourth-order valence-electron chi connectivity index (χ4n) is 1.88. The summed E-state index contributed by atoms with van der Waals surface area (Å²) in [6.45, 7) is 4.17. The summed E-state index contributed by atoms with van der Waals surface area (Å²) in [5.74, 6) is 0.417. The second-order valence-corrected chi connectivity index (χ2v) is 6.03. The number of rotatable bonds is 4. The maximum atomic E-state index is 11.2. The van der Waals surface area contributed by atoms with Crippen LogP contribution in [0.3, 0.4) is 0 Å². The number of hydrogen-bond acceptors (Lipinski definition) is 2. The number of aromatic nitrogens is 2. The van der Waals surface area contributed by atoms with Gasteiger partial charge in [-0.25, -0.2) is 4.68 Å². The first-order valence-electron chi connectivity index (χ1n) is 6.01. The van der Waals surface area contributed by atoms with Crippen LogP contribution in [0, 0.1) is 5.92 Å².